The van der Waals surface area contributed by atoms with Gasteiger partial charge in [-0.1, -0.05) is 12.1 Å². The number of fused-ring (bicyclic) bond motifs is 1. The summed E-state index contributed by atoms with van der Waals surface area (Å²) in [5.74, 6) is -0.654. The molecule has 102 valence electrons. The standard InChI is InChI=1S/C16H9NO4/c17-9-10-7-14-12(5-6-20-14)15(8-10)21-16(19)11-3-1-2-4-13(11)18/h1-8,18H. The summed E-state index contributed by atoms with van der Waals surface area (Å²) in [6, 6.07) is 12.7. The molecule has 0 saturated heterocycles. The normalized spacial score (nSPS) is 10.2. The summed E-state index contributed by atoms with van der Waals surface area (Å²) >= 11 is 0. The van der Waals surface area contributed by atoms with Gasteiger partial charge in [0.15, 0.2) is 0 Å². The Kier molecular flexibility index (Phi) is 3.05. The number of furan rings is 1. The number of para-hydroxylation sites is 1. The molecule has 0 amide bonds. The summed E-state index contributed by atoms with van der Waals surface area (Å²) in [5.41, 5.74) is 0.822. The molecule has 1 aromatic heterocycles. The van der Waals surface area contributed by atoms with Crippen LogP contribution in [-0.2, 0) is 0 Å². The van der Waals surface area contributed by atoms with E-state index >= 15 is 0 Å². The van der Waals surface area contributed by atoms with E-state index in [-0.39, 0.29) is 17.1 Å². The van der Waals surface area contributed by atoms with E-state index in [9.17, 15) is 9.90 Å². The second-order valence-corrected chi connectivity index (χ2v) is 4.33. The fraction of sp³-hybridized carbons (Fsp3) is 0. The number of phenolic OH excluding ortho intramolecular Hbond substituents is 1. The third-order valence-corrected chi connectivity index (χ3v) is 2.99. The molecule has 2 aromatic carbocycles. The summed E-state index contributed by atoms with van der Waals surface area (Å²) in [5, 5.41) is 19.2. The van der Waals surface area contributed by atoms with Gasteiger partial charge in [-0.2, -0.15) is 5.26 Å². The molecule has 0 aliphatic carbocycles. The first-order valence-electron chi connectivity index (χ1n) is 6.10. The lowest BCUT2D eigenvalue weighted by Gasteiger charge is -2.07. The van der Waals surface area contributed by atoms with Crippen LogP contribution in [0.3, 0.4) is 0 Å². The zero-order valence-corrected chi connectivity index (χ0v) is 10.7. The molecule has 0 aliphatic heterocycles. The highest BCUT2D eigenvalue weighted by Crippen LogP contribution is 2.29. The summed E-state index contributed by atoms with van der Waals surface area (Å²) < 4.78 is 10.5. The van der Waals surface area contributed by atoms with Crippen molar-refractivity contribution in [1.29, 1.82) is 5.26 Å². The number of nitrogens with zero attached hydrogens (tertiary/aromatic N) is 1. The molecule has 5 nitrogen and oxygen atoms in total. The number of rotatable bonds is 2. The number of hydrogen-bond donors (Lipinski definition) is 1. The lowest BCUT2D eigenvalue weighted by atomic mass is 10.1. The van der Waals surface area contributed by atoms with Gasteiger partial charge in [-0.15, -0.1) is 0 Å². The molecule has 0 aliphatic rings. The van der Waals surface area contributed by atoms with Crippen LogP contribution in [0.2, 0.25) is 0 Å². The smallest absolute Gasteiger partial charge is 0.347 e. The first-order valence-corrected chi connectivity index (χ1v) is 6.10. The van der Waals surface area contributed by atoms with Crippen LogP contribution in [-0.4, -0.2) is 11.1 Å². The van der Waals surface area contributed by atoms with Crippen LogP contribution in [0.15, 0.2) is 53.1 Å². The first-order chi connectivity index (χ1) is 10.2. The Balaban J connectivity index is 2.02. The van der Waals surface area contributed by atoms with Crippen molar-refractivity contribution in [3.05, 3.63) is 59.9 Å². The fourth-order valence-electron chi connectivity index (χ4n) is 1.99. The monoisotopic (exact) mass is 279 g/mol. The molecule has 0 fully saturated rings. The van der Waals surface area contributed by atoms with Crippen molar-refractivity contribution in [3.63, 3.8) is 0 Å². The van der Waals surface area contributed by atoms with E-state index in [0.29, 0.717) is 16.5 Å². The number of nitriles is 1. The minimum atomic E-state index is -0.703. The Bertz CT molecular complexity index is 873. The van der Waals surface area contributed by atoms with Gasteiger partial charge in [-0.05, 0) is 30.3 Å². The number of esters is 1. The SMILES string of the molecule is N#Cc1cc(OC(=O)c2ccccc2O)c2ccoc2c1. The fourth-order valence-corrected chi connectivity index (χ4v) is 1.99. The number of carbonyl (C=O) groups is 1. The van der Waals surface area contributed by atoms with Crippen molar-refractivity contribution in [2.45, 2.75) is 0 Å². The number of benzene rings is 2. The Morgan fingerprint density at radius 1 is 1.24 bits per heavy atom. The third kappa shape index (κ3) is 2.30. The van der Waals surface area contributed by atoms with Crippen molar-refractivity contribution >= 4 is 16.9 Å². The average Bonchev–Trinajstić information content (AvgIpc) is 2.96. The maximum atomic E-state index is 12.1. The van der Waals surface area contributed by atoms with Crippen molar-refractivity contribution in [3.8, 4) is 17.6 Å². The second-order valence-electron chi connectivity index (χ2n) is 4.33. The Morgan fingerprint density at radius 2 is 2.05 bits per heavy atom. The topological polar surface area (TPSA) is 83.5 Å². The van der Waals surface area contributed by atoms with E-state index in [1.165, 1.54) is 24.5 Å². The number of carbonyl (C=O) groups excluding carboxylic acids is 1. The molecular weight excluding hydrogens is 270 g/mol. The molecule has 21 heavy (non-hydrogen) atoms. The van der Waals surface area contributed by atoms with Crippen molar-refractivity contribution in [2.75, 3.05) is 0 Å². The third-order valence-electron chi connectivity index (χ3n) is 2.99. The van der Waals surface area contributed by atoms with Crippen LogP contribution >= 0.6 is 0 Å². The number of phenols is 1. The predicted molar refractivity (Wildman–Crippen MR) is 74.0 cm³/mol. The molecule has 0 bridgehead atoms. The van der Waals surface area contributed by atoms with E-state index in [2.05, 4.69) is 0 Å². The maximum absolute atomic E-state index is 12.1. The van der Waals surface area contributed by atoms with Crippen LogP contribution in [0.5, 0.6) is 11.5 Å². The zero-order chi connectivity index (χ0) is 14.8. The van der Waals surface area contributed by atoms with Crippen molar-refractivity contribution in [2.24, 2.45) is 0 Å². The number of aromatic hydroxyl groups is 1. The van der Waals surface area contributed by atoms with Crippen LogP contribution in [0, 0.1) is 11.3 Å². The lowest BCUT2D eigenvalue weighted by molar-refractivity contribution is 0.0734. The van der Waals surface area contributed by atoms with E-state index in [1.807, 2.05) is 6.07 Å². The number of hydrogen-bond acceptors (Lipinski definition) is 5. The lowest BCUT2D eigenvalue weighted by Crippen LogP contribution is -2.08. The van der Waals surface area contributed by atoms with Gasteiger partial charge >= 0.3 is 5.97 Å². The minimum absolute atomic E-state index is 0.0523. The zero-order valence-electron chi connectivity index (χ0n) is 10.7. The Morgan fingerprint density at radius 3 is 2.81 bits per heavy atom. The van der Waals surface area contributed by atoms with Gasteiger partial charge in [-0.25, -0.2) is 4.79 Å². The summed E-state index contributed by atoms with van der Waals surface area (Å²) in [6.07, 6.45) is 1.45. The van der Waals surface area contributed by atoms with Gasteiger partial charge in [0.1, 0.15) is 22.6 Å². The quantitative estimate of drug-likeness (QED) is 0.575. The van der Waals surface area contributed by atoms with Gasteiger partial charge < -0.3 is 14.3 Å². The van der Waals surface area contributed by atoms with E-state index in [4.69, 9.17) is 14.4 Å². The van der Waals surface area contributed by atoms with E-state index in [1.54, 1.807) is 24.3 Å². The molecule has 0 unspecified atom stereocenters. The van der Waals surface area contributed by atoms with Crippen molar-refractivity contribution < 1.29 is 19.1 Å². The molecule has 5 heteroatoms. The van der Waals surface area contributed by atoms with E-state index in [0.717, 1.165) is 0 Å². The van der Waals surface area contributed by atoms with Crippen LogP contribution in [0.1, 0.15) is 15.9 Å². The summed E-state index contributed by atoms with van der Waals surface area (Å²) in [7, 11) is 0. The highest BCUT2D eigenvalue weighted by molar-refractivity contribution is 5.96. The molecular formula is C16H9NO4. The molecule has 1 heterocycles. The predicted octanol–water partition coefficient (Wildman–Crippen LogP) is 3.23. The van der Waals surface area contributed by atoms with Gasteiger partial charge in [0.05, 0.1) is 23.3 Å². The number of ether oxygens (including phenoxy) is 1. The van der Waals surface area contributed by atoms with Crippen LogP contribution < -0.4 is 4.74 Å². The van der Waals surface area contributed by atoms with Crippen molar-refractivity contribution in [1.82, 2.24) is 0 Å². The van der Waals surface area contributed by atoms with Crippen LogP contribution in [0.4, 0.5) is 0 Å². The molecule has 3 aromatic rings. The minimum Gasteiger partial charge on any atom is -0.507 e. The molecule has 0 spiro atoms. The summed E-state index contributed by atoms with van der Waals surface area (Å²) in [4.78, 5) is 12.1. The Labute approximate surface area is 119 Å². The molecule has 1 N–H and O–H groups in total. The highest BCUT2D eigenvalue weighted by atomic mass is 16.5. The molecule has 0 radical (unpaired) electrons. The summed E-state index contributed by atoms with van der Waals surface area (Å²) in [6.45, 7) is 0. The maximum Gasteiger partial charge on any atom is 0.347 e. The second kappa shape index (κ2) is 5.02. The van der Waals surface area contributed by atoms with Gasteiger partial charge in [0, 0.05) is 0 Å². The first kappa shape index (κ1) is 12.8. The molecule has 0 saturated carbocycles. The average molecular weight is 279 g/mol. The molecule has 0 atom stereocenters. The highest BCUT2D eigenvalue weighted by Gasteiger charge is 2.16. The van der Waals surface area contributed by atoms with Gasteiger partial charge in [0.25, 0.3) is 0 Å². The van der Waals surface area contributed by atoms with E-state index < -0.39 is 5.97 Å². The Hall–Kier alpha value is -3.26. The molecule has 3 rings (SSSR count). The van der Waals surface area contributed by atoms with Gasteiger partial charge in [-0.3, -0.25) is 0 Å². The van der Waals surface area contributed by atoms with Gasteiger partial charge in [0.2, 0.25) is 0 Å². The largest absolute Gasteiger partial charge is 0.507 e. The van der Waals surface area contributed by atoms with Crippen LogP contribution in [0.25, 0.3) is 11.0 Å².